The van der Waals surface area contributed by atoms with E-state index in [-0.39, 0.29) is 10.9 Å². The highest BCUT2D eigenvalue weighted by Gasteiger charge is 2.11. The Morgan fingerprint density at radius 3 is 2.33 bits per heavy atom. The fourth-order valence-corrected chi connectivity index (χ4v) is 3.37. The number of nitrogens with two attached hydrogens (primary N) is 1. The van der Waals surface area contributed by atoms with Crippen molar-refractivity contribution >= 4 is 21.7 Å². The van der Waals surface area contributed by atoms with Gasteiger partial charge in [-0.2, -0.15) is 0 Å². The first-order valence-electron chi connectivity index (χ1n) is 8.27. The number of nitrogens with one attached hydrogen (secondary N) is 2. The first-order chi connectivity index (χ1) is 12.9. The van der Waals surface area contributed by atoms with Crippen LogP contribution in [0, 0.1) is 0 Å². The van der Waals surface area contributed by atoms with Crippen molar-refractivity contribution in [2.24, 2.45) is 10.7 Å². The molecule has 2 rings (SSSR count). The van der Waals surface area contributed by atoms with Crippen LogP contribution >= 0.6 is 0 Å². The first kappa shape index (κ1) is 20.5. The van der Waals surface area contributed by atoms with Gasteiger partial charge in [0.15, 0.2) is 17.5 Å². The van der Waals surface area contributed by atoms with Crippen molar-refractivity contribution in [3.05, 3.63) is 48.0 Å². The van der Waals surface area contributed by atoms with Crippen LogP contribution in [0.2, 0.25) is 0 Å². The van der Waals surface area contributed by atoms with Gasteiger partial charge in [0, 0.05) is 18.3 Å². The third kappa shape index (κ3) is 5.60. The normalized spacial score (nSPS) is 11.9. The van der Waals surface area contributed by atoms with Gasteiger partial charge in [0.1, 0.15) is 0 Å². The molecule has 2 aromatic carbocycles. The zero-order valence-corrected chi connectivity index (χ0v) is 16.3. The molecule has 146 valence electrons. The van der Waals surface area contributed by atoms with Crippen molar-refractivity contribution in [3.8, 4) is 11.5 Å². The molecule has 0 aliphatic rings. The summed E-state index contributed by atoms with van der Waals surface area (Å²) in [4.78, 5) is 4.48. The molecule has 0 spiro atoms. The number of guanidine groups is 1. The van der Waals surface area contributed by atoms with Gasteiger partial charge < -0.3 is 20.5 Å². The Balaban J connectivity index is 2.03. The zero-order valence-electron chi connectivity index (χ0n) is 15.5. The van der Waals surface area contributed by atoms with Crippen molar-refractivity contribution in [1.29, 1.82) is 0 Å². The number of hydrogen-bond acceptors (Lipinski definition) is 5. The summed E-state index contributed by atoms with van der Waals surface area (Å²) in [7, 11) is -0.337. The summed E-state index contributed by atoms with van der Waals surface area (Å²) in [6, 6.07) is 11.8. The van der Waals surface area contributed by atoms with Crippen LogP contribution in [-0.2, 0) is 16.6 Å². The molecular formula is C18H24N4O4S. The monoisotopic (exact) mass is 392 g/mol. The highest BCUT2D eigenvalue weighted by Crippen LogP contribution is 2.29. The number of methoxy groups -OCH3 is 2. The number of ether oxygens (including phenoxy) is 2. The summed E-state index contributed by atoms with van der Waals surface area (Å²) in [5.74, 6) is 1.42. The van der Waals surface area contributed by atoms with E-state index in [0.717, 1.165) is 5.56 Å². The van der Waals surface area contributed by atoms with E-state index in [9.17, 15) is 8.42 Å². The molecule has 0 aliphatic carbocycles. The maximum Gasteiger partial charge on any atom is 0.240 e. The van der Waals surface area contributed by atoms with Crippen LogP contribution < -0.4 is 25.2 Å². The van der Waals surface area contributed by atoms with E-state index in [4.69, 9.17) is 15.2 Å². The molecule has 9 heteroatoms. The zero-order chi connectivity index (χ0) is 19.9. The van der Waals surface area contributed by atoms with E-state index in [1.165, 1.54) is 0 Å². The van der Waals surface area contributed by atoms with Gasteiger partial charge in [-0.1, -0.05) is 19.1 Å². The maximum atomic E-state index is 11.9. The number of nitrogens with zero attached hydrogens (tertiary/aromatic N) is 1. The van der Waals surface area contributed by atoms with E-state index in [0.29, 0.717) is 30.3 Å². The fourth-order valence-electron chi connectivity index (χ4n) is 2.33. The first-order valence-corrected chi connectivity index (χ1v) is 9.75. The smallest absolute Gasteiger partial charge is 0.240 e. The van der Waals surface area contributed by atoms with Gasteiger partial charge in [-0.15, -0.1) is 0 Å². The Morgan fingerprint density at radius 2 is 1.74 bits per heavy atom. The van der Waals surface area contributed by atoms with Crippen LogP contribution in [-0.4, -0.2) is 35.1 Å². The van der Waals surface area contributed by atoms with Crippen LogP contribution in [0.4, 0.5) is 5.69 Å². The second-order valence-corrected chi connectivity index (χ2v) is 7.31. The van der Waals surface area contributed by atoms with E-state index in [2.05, 4.69) is 15.0 Å². The Bertz CT molecular complexity index is 896. The van der Waals surface area contributed by atoms with Gasteiger partial charge in [0.05, 0.1) is 25.7 Å². The molecule has 8 nitrogen and oxygen atoms in total. The van der Waals surface area contributed by atoms with Crippen molar-refractivity contribution in [1.82, 2.24) is 4.72 Å². The maximum absolute atomic E-state index is 11.9. The average molecular weight is 392 g/mol. The molecule has 2 aromatic rings. The molecule has 0 saturated carbocycles. The molecule has 0 amide bonds. The number of aliphatic imine (C=N–C) groups is 1. The standard InChI is InChI=1S/C18H24N4O4S/c1-4-21-27(23,24)15-8-5-13(6-9-15)12-20-18(19)22-14-7-10-16(25-2)17(11-14)26-3/h5-11,21H,4,12H2,1-3H3,(H3,19,20,22). The molecule has 27 heavy (non-hydrogen) atoms. The van der Waals surface area contributed by atoms with Crippen molar-refractivity contribution in [2.45, 2.75) is 18.4 Å². The van der Waals surface area contributed by atoms with Crippen LogP contribution in [0.25, 0.3) is 0 Å². The molecule has 0 aliphatic heterocycles. The van der Waals surface area contributed by atoms with Crippen molar-refractivity contribution in [2.75, 3.05) is 26.1 Å². The molecule has 0 atom stereocenters. The summed E-state index contributed by atoms with van der Waals surface area (Å²) < 4.78 is 36.7. The lowest BCUT2D eigenvalue weighted by Crippen LogP contribution is -2.23. The minimum absolute atomic E-state index is 0.216. The summed E-state index contributed by atoms with van der Waals surface area (Å²) in [5, 5.41) is 2.98. The quantitative estimate of drug-likeness (QED) is 0.467. The molecule has 0 bridgehead atoms. The summed E-state index contributed by atoms with van der Waals surface area (Å²) >= 11 is 0. The van der Waals surface area contributed by atoms with E-state index in [1.54, 1.807) is 63.6 Å². The van der Waals surface area contributed by atoms with Gasteiger partial charge in [-0.05, 0) is 29.8 Å². The van der Waals surface area contributed by atoms with E-state index >= 15 is 0 Å². The van der Waals surface area contributed by atoms with Gasteiger partial charge in [0.2, 0.25) is 10.0 Å². The number of benzene rings is 2. The lowest BCUT2D eigenvalue weighted by atomic mass is 10.2. The van der Waals surface area contributed by atoms with Crippen LogP contribution in [0.5, 0.6) is 11.5 Å². The predicted molar refractivity (Wildman–Crippen MR) is 106 cm³/mol. The lowest BCUT2D eigenvalue weighted by molar-refractivity contribution is 0.355. The highest BCUT2D eigenvalue weighted by molar-refractivity contribution is 7.89. The molecule has 0 saturated heterocycles. The van der Waals surface area contributed by atoms with E-state index in [1.807, 2.05) is 0 Å². The molecule has 0 fully saturated rings. The predicted octanol–water partition coefficient (Wildman–Crippen LogP) is 1.93. The highest BCUT2D eigenvalue weighted by atomic mass is 32.2. The van der Waals surface area contributed by atoms with Crippen molar-refractivity contribution in [3.63, 3.8) is 0 Å². The Hall–Kier alpha value is -2.78. The third-order valence-corrected chi connectivity index (χ3v) is 5.22. The second kappa shape index (κ2) is 9.24. The molecule has 0 radical (unpaired) electrons. The molecule has 0 unspecified atom stereocenters. The van der Waals surface area contributed by atoms with Crippen LogP contribution in [0.3, 0.4) is 0 Å². The van der Waals surface area contributed by atoms with Gasteiger partial charge >= 0.3 is 0 Å². The minimum atomic E-state index is -3.46. The summed E-state index contributed by atoms with van der Waals surface area (Å²) in [5.41, 5.74) is 7.46. The minimum Gasteiger partial charge on any atom is -0.493 e. The van der Waals surface area contributed by atoms with Gasteiger partial charge in [-0.25, -0.2) is 18.1 Å². The van der Waals surface area contributed by atoms with Crippen LogP contribution in [0.15, 0.2) is 52.4 Å². The van der Waals surface area contributed by atoms with Gasteiger partial charge in [-0.3, -0.25) is 0 Å². The lowest BCUT2D eigenvalue weighted by Gasteiger charge is -2.11. The molecule has 0 heterocycles. The summed E-state index contributed by atoms with van der Waals surface area (Å²) in [6.07, 6.45) is 0. The largest absolute Gasteiger partial charge is 0.493 e. The summed E-state index contributed by atoms with van der Waals surface area (Å²) in [6.45, 7) is 2.38. The molecule has 0 aromatic heterocycles. The Kier molecular flexibility index (Phi) is 7.03. The van der Waals surface area contributed by atoms with Crippen LogP contribution in [0.1, 0.15) is 12.5 Å². The number of rotatable bonds is 8. The second-order valence-electron chi connectivity index (χ2n) is 5.54. The molecular weight excluding hydrogens is 368 g/mol. The number of hydrogen-bond donors (Lipinski definition) is 3. The Morgan fingerprint density at radius 1 is 1.07 bits per heavy atom. The Labute approximate surface area is 159 Å². The van der Waals surface area contributed by atoms with E-state index < -0.39 is 10.0 Å². The SMILES string of the molecule is CCNS(=O)(=O)c1ccc(CN=C(N)Nc2ccc(OC)c(OC)c2)cc1. The fraction of sp³-hybridized carbons (Fsp3) is 0.278. The number of sulfonamides is 1. The topological polar surface area (TPSA) is 115 Å². The molecule has 4 N–H and O–H groups in total. The van der Waals surface area contributed by atoms with Gasteiger partial charge in [0.25, 0.3) is 0 Å². The van der Waals surface area contributed by atoms with Crippen molar-refractivity contribution < 1.29 is 17.9 Å². The number of anilines is 1. The third-order valence-electron chi connectivity index (χ3n) is 3.66. The average Bonchev–Trinajstić information content (AvgIpc) is 2.66.